The van der Waals surface area contributed by atoms with E-state index in [9.17, 15) is 18.0 Å². The highest BCUT2D eigenvalue weighted by Gasteiger charge is 2.42. The van der Waals surface area contributed by atoms with Gasteiger partial charge in [0.2, 0.25) is 0 Å². The third kappa shape index (κ3) is 4.76. The predicted octanol–water partition coefficient (Wildman–Crippen LogP) is 4.28. The van der Waals surface area contributed by atoms with Gasteiger partial charge in [-0.1, -0.05) is 18.7 Å². The fourth-order valence-corrected chi connectivity index (χ4v) is 3.49. The van der Waals surface area contributed by atoms with Gasteiger partial charge >= 0.3 is 0 Å². The summed E-state index contributed by atoms with van der Waals surface area (Å²) in [5.74, 6) is -3.29. The second kappa shape index (κ2) is 8.73. The van der Waals surface area contributed by atoms with Gasteiger partial charge in [0.1, 0.15) is 11.4 Å². The van der Waals surface area contributed by atoms with E-state index in [1.54, 1.807) is 30.3 Å². The zero-order valence-electron chi connectivity index (χ0n) is 17.8. The Morgan fingerprint density at radius 2 is 2.06 bits per heavy atom. The Hall–Kier alpha value is -3.62. The number of nitrogens with zero attached hydrogens (tertiary/aromatic N) is 3. The normalized spacial score (nSPS) is 17.4. The molecule has 33 heavy (non-hydrogen) atoms. The quantitative estimate of drug-likeness (QED) is 0.451. The Bertz CT molecular complexity index is 1140. The molecule has 0 atom stereocenters. The lowest BCUT2D eigenvalue weighted by molar-refractivity contribution is 0.00563. The molecule has 6 nitrogen and oxygen atoms in total. The maximum atomic E-state index is 13.8. The molecule has 0 radical (unpaired) electrons. The summed E-state index contributed by atoms with van der Waals surface area (Å²) < 4.78 is 46.5. The highest BCUT2D eigenvalue weighted by Crippen LogP contribution is 2.40. The maximum absolute atomic E-state index is 13.8. The molecule has 0 spiro atoms. The fourth-order valence-electron chi connectivity index (χ4n) is 3.49. The average molecular weight is 456 g/mol. The van der Waals surface area contributed by atoms with E-state index in [1.807, 2.05) is 0 Å². The van der Waals surface area contributed by atoms with E-state index in [0.717, 1.165) is 0 Å². The van der Waals surface area contributed by atoms with E-state index in [4.69, 9.17) is 10.5 Å². The molecule has 1 fully saturated rings. The van der Waals surface area contributed by atoms with Crippen LogP contribution in [0.3, 0.4) is 0 Å². The molecular formula is C24H23F3N4O2. The number of aliphatic imine (C=N–C) groups is 1. The zero-order valence-corrected chi connectivity index (χ0v) is 17.8. The first kappa shape index (κ1) is 22.6. The third-order valence-electron chi connectivity index (χ3n) is 5.58. The molecule has 1 saturated carbocycles. The van der Waals surface area contributed by atoms with Crippen LogP contribution in [0.15, 0.2) is 66.1 Å². The Morgan fingerprint density at radius 1 is 1.30 bits per heavy atom. The van der Waals surface area contributed by atoms with Crippen molar-refractivity contribution in [3.63, 3.8) is 0 Å². The Kier molecular flexibility index (Phi) is 5.97. The van der Waals surface area contributed by atoms with Gasteiger partial charge in [-0.2, -0.15) is 8.78 Å². The number of hydrogen-bond donors (Lipinski definition) is 1. The van der Waals surface area contributed by atoms with E-state index in [2.05, 4.69) is 16.6 Å². The van der Waals surface area contributed by atoms with Crippen molar-refractivity contribution < 1.29 is 22.7 Å². The van der Waals surface area contributed by atoms with Gasteiger partial charge in [-0.05, 0) is 37.1 Å². The number of nitrogens with two attached hydrogens (primary N) is 1. The van der Waals surface area contributed by atoms with Crippen LogP contribution in [0, 0.1) is 0 Å². The number of allylic oxidation sites excluding steroid dienone is 1. The molecule has 0 unspecified atom stereocenters. The molecule has 1 aliphatic carbocycles. The van der Waals surface area contributed by atoms with Crippen LogP contribution in [0.25, 0.3) is 11.3 Å². The van der Waals surface area contributed by atoms with Crippen molar-refractivity contribution in [2.45, 2.75) is 31.0 Å². The summed E-state index contributed by atoms with van der Waals surface area (Å²) in [7, 11) is 0. The van der Waals surface area contributed by atoms with E-state index in [1.165, 1.54) is 23.5 Å². The second-order valence-corrected chi connectivity index (χ2v) is 8.04. The minimum atomic E-state index is -3.19. The van der Waals surface area contributed by atoms with Crippen molar-refractivity contribution in [2.75, 3.05) is 13.2 Å². The third-order valence-corrected chi connectivity index (χ3v) is 5.58. The molecule has 1 aliphatic heterocycles. The summed E-state index contributed by atoms with van der Waals surface area (Å²) in [5, 5.41) is 0. The van der Waals surface area contributed by atoms with E-state index in [0.29, 0.717) is 47.0 Å². The van der Waals surface area contributed by atoms with Gasteiger partial charge in [-0.15, -0.1) is 0 Å². The monoisotopic (exact) mass is 456 g/mol. The maximum Gasteiger partial charge on any atom is 0.299 e. The number of carbonyl (C=O) groups is 1. The lowest BCUT2D eigenvalue weighted by atomic mass is 10.0. The summed E-state index contributed by atoms with van der Waals surface area (Å²) in [6.45, 7) is 2.41. The smallest absolute Gasteiger partial charge is 0.299 e. The predicted molar refractivity (Wildman–Crippen MR) is 119 cm³/mol. The zero-order chi connectivity index (χ0) is 23.6. The molecule has 1 amide bonds. The minimum Gasteiger partial charge on any atom is -0.486 e. The van der Waals surface area contributed by atoms with Crippen LogP contribution in [0.2, 0.25) is 0 Å². The van der Waals surface area contributed by atoms with Crippen molar-refractivity contribution in [3.8, 4) is 17.0 Å². The highest BCUT2D eigenvalue weighted by atomic mass is 19.3. The van der Waals surface area contributed by atoms with Gasteiger partial charge in [-0.3, -0.25) is 14.8 Å². The first-order valence-corrected chi connectivity index (χ1v) is 10.4. The van der Waals surface area contributed by atoms with E-state index in [-0.39, 0.29) is 24.7 Å². The summed E-state index contributed by atoms with van der Waals surface area (Å²) >= 11 is 0. The van der Waals surface area contributed by atoms with Gasteiger partial charge in [-0.25, -0.2) is 4.39 Å². The topological polar surface area (TPSA) is 80.8 Å². The molecule has 0 bridgehead atoms. The molecule has 1 aromatic heterocycles. The van der Waals surface area contributed by atoms with Gasteiger partial charge in [0.15, 0.2) is 6.61 Å². The van der Waals surface area contributed by atoms with Crippen LogP contribution < -0.4 is 10.5 Å². The van der Waals surface area contributed by atoms with Crippen molar-refractivity contribution in [2.24, 2.45) is 10.7 Å². The summed E-state index contributed by atoms with van der Waals surface area (Å²) in [5.41, 5.74) is 6.73. The van der Waals surface area contributed by atoms with Crippen molar-refractivity contribution in [1.82, 2.24) is 9.88 Å². The molecule has 4 rings (SSSR count). The summed E-state index contributed by atoms with van der Waals surface area (Å²) in [4.78, 5) is 23.0. The van der Waals surface area contributed by atoms with Crippen LogP contribution in [0.4, 0.5) is 13.2 Å². The highest BCUT2D eigenvalue weighted by molar-refractivity contribution is 6.03. The molecule has 2 aliphatic rings. The molecule has 9 heteroatoms. The van der Waals surface area contributed by atoms with Crippen LogP contribution in [-0.2, 0) is 6.54 Å². The standard InChI is InChI=1S/C24H23F3N4O2/c1-2-24(26,27)15-33-20-6-4-3-5-18(20)21-19-13-31(22(32)17(19)7-10-30-21)16(11-28)12-29-14-23(25)8-9-23/h2-7,10-12H,1,8-9,13-15,28H2. The molecule has 2 aromatic rings. The molecule has 1 aromatic carbocycles. The fraction of sp³-hybridized carbons (Fsp3) is 0.292. The number of aromatic nitrogens is 1. The number of halogens is 3. The molecule has 172 valence electrons. The minimum absolute atomic E-state index is 0.0200. The number of carbonyl (C=O) groups excluding carboxylic acids is 1. The number of hydrogen-bond acceptors (Lipinski definition) is 5. The second-order valence-electron chi connectivity index (χ2n) is 8.04. The number of para-hydroxylation sites is 1. The van der Waals surface area contributed by atoms with Gasteiger partial charge in [0.25, 0.3) is 11.8 Å². The van der Waals surface area contributed by atoms with Crippen LogP contribution in [0.1, 0.15) is 28.8 Å². The Balaban J connectivity index is 1.61. The first-order chi connectivity index (χ1) is 15.8. The van der Waals surface area contributed by atoms with E-state index < -0.39 is 18.2 Å². The molecular weight excluding hydrogens is 433 g/mol. The largest absolute Gasteiger partial charge is 0.486 e. The number of amides is 1. The summed E-state index contributed by atoms with van der Waals surface area (Å²) in [6, 6.07) is 8.23. The number of pyridine rings is 1. The number of alkyl halides is 3. The van der Waals surface area contributed by atoms with Crippen molar-refractivity contribution in [3.05, 3.63) is 72.2 Å². The number of rotatable bonds is 9. The Labute approximate surface area is 189 Å². The number of ether oxygens (including phenoxy) is 1. The molecule has 0 saturated heterocycles. The average Bonchev–Trinajstić information content (AvgIpc) is 3.46. The lowest BCUT2D eigenvalue weighted by Gasteiger charge is -2.17. The van der Waals surface area contributed by atoms with Crippen molar-refractivity contribution in [1.29, 1.82) is 0 Å². The number of benzene rings is 1. The number of fused-ring (bicyclic) bond motifs is 1. The van der Waals surface area contributed by atoms with E-state index >= 15 is 0 Å². The van der Waals surface area contributed by atoms with Crippen molar-refractivity contribution >= 4 is 12.1 Å². The summed E-state index contributed by atoms with van der Waals surface area (Å²) in [6.07, 6.45) is 5.60. The molecule has 2 heterocycles. The van der Waals surface area contributed by atoms with Crippen LogP contribution in [-0.4, -0.2) is 46.7 Å². The first-order valence-electron chi connectivity index (χ1n) is 10.4. The lowest BCUT2D eigenvalue weighted by Crippen LogP contribution is -2.25. The Morgan fingerprint density at radius 3 is 2.76 bits per heavy atom. The van der Waals surface area contributed by atoms with Gasteiger partial charge < -0.3 is 15.4 Å². The van der Waals surface area contributed by atoms with Gasteiger partial charge in [0, 0.05) is 35.3 Å². The van der Waals surface area contributed by atoms with Crippen LogP contribution in [0.5, 0.6) is 5.75 Å². The van der Waals surface area contributed by atoms with Crippen LogP contribution >= 0.6 is 0 Å². The SMILES string of the molecule is C=CC(F)(F)COc1ccccc1-c1nccc2c1CN(C(C=NCC1(F)CC1)=CN)C2=O. The van der Waals surface area contributed by atoms with Gasteiger partial charge in [0.05, 0.1) is 24.5 Å². The molecule has 2 N–H and O–H groups in total.